The van der Waals surface area contributed by atoms with E-state index in [1.807, 2.05) is 30.3 Å². The number of halogens is 1. The molecule has 1 N–H and O–H groups in total. The van der Waals surface area contributed by atoms with Crippen LogP contribution in [-0.4, -0.2) is 20.0 Å². The zero-order valence-corrected chi connectivity index (χ0v) is 11.2. The number of fused-ring (bicyclic) bond motifs is 3. The first-order valence-corrected chi connectivity index (χ1v) is 6.95. The van der Waals surface area contributed by atoms with Gasteiger partial charge >= 0.3 is 0 Å². The Morgan fingerprint density at radius 2 is 2.05 bits per heavy atom. The molecule has 0 fully saturated rings. The van der Waals surface area contributed by atoms with Crippen LogP contribution in [0.25, 0.3) is 16.7 Å². The molecule has 0 saturated heterocycles. The number of nitrogens with one attached hydrogen (secondary N) is 1. The lowest BCUT2D eigenvalue weighted by atomic mass is 9.94. The van der Waals surface area contributed by atoms with E-state index in [2.05, 4.69) is 15.3 Å². The van der Waals surface area contributed by atoms with Gasteiger partial charge in [0.15, 0.2) is 5.52 Å². The number of hydrogen-bond acceptors (Lipinski definition) is 3. The molecule has 1 aromatic carbocycles. The maximum absolute atomic E-state index is 13.9. The molecule has 1 aliphatic rings. The summed E-state index contributed by atoms with van der Waals surface area (Å²) in [5, 5.41) is 10.9. The largest absolute Gasteiger partial charge is 0.299 e. The molecule has 1 aliphatic carbocycles. The molecule has 5 nitrogen and oxygen atoms in total. The van der Waals surface area contributed by atoms with Crippen molar-refractivity contribution in [1.82, 2.24) is 20.0 Å². The van der Waals surface area contributed by atoms with Gasteiger partial charge in [-0.3, -0.25) is 9.89 Å². The van der Waals surface area contributed by atoms with Gasteiger partial charge in [-0.2, -0.15) is 5.10 Å². The van der Waals surface area contributed by atoms with E-state index in [1.165, 1.54) is 4.68 Å². The minimum absolute atomic E-state index is 0.257. The van der Waals surface area contributed by atoms with Gasteiger partial charge < -0.3 is 0 Å². The normalized spacial score (nSPS) is 17.9. The molecule has 0 aliphatic heterocycles. The summed E-state index contributed by atoms with van der Waals surface area (Å²) < 4.78 is 15.4. The van der Waals surface area contributed by atoms with Crippen molar-refractivity contribution in [2.45, 2.75) is 25.4 Å². The average Bonchev–Trinajstić information content (AvgIpc) is 2.86. The highest BCUT2D eigenvalue weighted by Gasteiger charge is 2.26. The van der Waals surface area contributed by atoms with Crippen molar-refractivity contribution in [1.29, 1.82) is 0 Å². The molecule has 0 amide bonds. The van der Waals surface area contributed by atoms with E-state index in [0.717, 1.165) is 24.1 Å². The zero-order chi connectivity index (χ0) is 14.4. The first-order chi connectivity index (χ1) is 10.3. The van der Waals surface area contributed by atoms with Gasteiger partial charge in [0.1, 0.15) is 11.9 Å². The van der Waals surface area contributed by atoms with Gasteiger partial charge in [-0.15, -0.1) is 5.10 Å². The monoisotopic (exact) mass is 284 g/mol. The highest BCUT2D eigenvalue weighted by Crippen LogP contribution is 2.33. The number of rotatable bonds is 1. The number of benzene rings is 1. The molecular formula is C15H13FN4O. The Morgan fingerprint density at radius 1 is 1.24 bits per heavy atom. The van der Waals surface area contributed by atoms with Crippen molar-refractivity contribution < 1.29 is 4.39 Å². The van der Waals surface area contributed by atoms with Gasteiger partial charge in [-0.1, -0.05) is 18.2 Å². The van der Waals surface area contributed by atoms with Gasteiger partial charge in [-0.05, 0) is 31.4 Å². The molecule has 0 radical (unpaired) electrons. The molecule has 1 atom stereocenters. The Labute approximate surface area is 119 Å². The molecule has 21 heavy (non-hydrogen) atoms. The third-order valence-corrected chi connectivity index (χ3v) is 3.93. The highest BCUT2D eigenvalue weighted by molar-refractivity contribution is 5.78. The Morgan fingerprint density at radius 3 is 2.86 bits per heavy atom. The number of nitrogens with zero attached hydrogens (tertiary/aromatic N) is 3. The number of para-hydroxylation sites is 1. The fraction of sp³-hybridized carbons (Fsp3) is 0.267. The van der Waals surface area contributed by atoms with Crippen LogP contribution >= 0.6 is 0 Å². The quantitative estimate of drug-likeness (QED) is 0.746. The van der Waals surface area contributed by atoms with E-state index in [4.69, 9.17) is 0 Å². The van der Waals surface area contributed by atoms with E-state index in [9.17, 15) is 9.18 Å². The number of aryl methyl sites for hydroxylation is 1. The highest BCUT2D eigenvalue weighted by atomic mass is 19.1. The summed E-state index contributed by atoms with van der Waals surface area (Å²) in [7, 11) is 0. The van der Waals surface area contributed by atoms with E-state index in [0.29, 0.717) is 17.6 Å². The van der Waals surface area contributed by atoms with Crippen molar-refractivity contribution in [3.05, 3.63) is 51.9 Å². The molecule has 0 bridgehead atoms. The van der Waals surface area contributed by atoms with Crippen LogP contribution in [0.5, 0.6) is 0 Å². The number of alkyl halides is 1. The van der Waals surface area contributed by atoms with Crippen LogP contribution in [-0.2, 0) is 6.42 Å². The molecule has 0 spiro atoms. The van der Waals surface area contributed by atoms with Gasteiger partial charge in [-0.25, -0.2) is 9.07 Å². The molecule has 1 unspecified atom stereocenters. The predicted octanol–water partition coefficient (Wildman–Crippen LogP) is 2.46. The van der Waals surface area contributed by atoms with Crippen molar-refractivity contribution in [3.63, 3.8) is 0 Å². The third-order valence-electron chi connectivity index (χ3n) is 3.93. The molecule has 6 heteroatoms. The summed E-state index contributed by atoms with van der Waals surface area (Å²) in [6, 6.07) is 9.24. The van der Waals surface area contributed by atoms with Gasteiger partial charge in [0, 0.05) is 5.56 Å². The Balaban J connectivity index is 2.01. The Kier molecular flexibility index (Phi) is 2.63. The van der Waals surface area contributed by atoms with Crippen molar-refractivity contribution >= 4 is 11.0 Å². The van der Waals surface area contributed by atoms with Crippen molar-refractivity contribution in [2.24, 2.45) is 0 Å². The minimum Gasteiger partial charge on any atom is -0.288 e. The summed E-state index contributed by atoms with van der Waals surface area (Å²) >= 11 is 0. The molecule has 3 aromatic rings. The lowest BCUT2D eigenvalue weighted by Gasteiger charge is -2.17. The number of hydrogen-bond donors (Lipinski definition) is 1. The first kappa shape index (κ1) is 12.3. The first-order valence-electron chi connectivity index (χ1n) is 6.95. The molecular weight excluding hydrogens is 271 g/mol. The van der Waals surface area contributed by atoms with E-state index >= 15 is 0 Å². The lowest BCUT2D eigenvalue weighted by molar-refractivity contribution is 0.293. The second-order valence-electron chi connectivity index (χ2n) is 5.24. The molecule has 106 valence electrons. The van der Waals surface area contributed by atoms with Gasteiger partial charge in [0.05, 0.1) is 11.2 Å². The summed E-state index contributed by atoms with van der Waals surface area (Å²) in [5.41, 5.74) is 2.50. The Bertz CT molecular complexity index is 869. The fourth-order valence-electron chi connectivity index (χ4n) is 2.88. The third kappa shape index (κ3) is 1.79. The van der Waals surface area contributed by atoms with Crippen LogP contribution in [0.1, 0.15) is 30.3 Å². The number of aromatic amines is 1. The average molecular weight is 284 g/mol. The summed E-state index contributed by atoms with van der Waals surface area (Å²) in [4.78, 5) is 12.4. The van der Waals surface area contributed by atoms with E-state index in [-0.39, 0.29) is 11.1 Å². The number of aromatic nitrogens is 4. The summed E-state index contributed by atoms with van der Waals surface area (Å²) in [6.45, 7) is 0. The Hall–Kier alpha value is -2.50. The van der Waals surface area contributed by atoms with Crippen LogP contribution in [0.15, 0.2) is 35.1 Å². The molecule has 0 saturated carbocycles. The van der Waals surface area contributed by atoms with Gasteiger partial charge in [0.2, 0.25) is 0 Å². The molecule has 2 aromatic heterocycles. The van der Waals surface area contributed by atoms with E-state index < -0.39 is 6.17 Å². The van der Waals surface area contributed by atoms with Crippen LogP contribution in [0.4, 0.5) is 4.39 Å². The van der Waals surface area contributed by atoms with Crippen molar-refractivity contribution in [2.75, 3.05) is 0 Å². The summed E-state index contributed by atoms with van der Waals surface area (Å²) in [6.07, 6.45) is 0.857. The van der Waals surface area contributed by atoms with Crippen LogP contribution in [0.2, 0.25) is 0 Å². The SMILES string of the molecule is O=c1c2nnc3c(c2[nH]n1-c1ccccc1)CCCC3F. The minimum atomic E-state index is -1.09. The van der Waals surface area contributed by atoms with Crippen LogP contribution in [0, 0.1) is 0 Å². The fourth-order valence-corrected chi connectivity index (χ4v) is 2.88. The van der Waals surface area contributed by atoms with Crippen molar-refractivity contribution in [3.8, 4) is 5.69 Å². The van der Waals surface area contributed by atoms with Crippen LogP contribution < -0.4 is 5.56 Å². The topological polar surface area (TPSA) is 63.6 Å². The molecule has 2 heterocycles. The van der Waals surface area contributed by atoms with Gasteiger partial charge in [0.25, 0.3) is 5.56 Å². The molecule has 4 rings (SSSR count). The predicted molar refractivity (Wildman–Crippen MR) is 76.3 cm³/mol. The van der Waals surface area contributed by atoms with E-state index in [1.54, 1.807) is 0 Å². The second kappa shape index (κ2) is 4.51. The maximum Gasteiger partial charge on any atom is 0.299 e. The standard InChI is InChI=1S/C15H13FN4O/c16-11-8-4-7-10-12(11)17-18-14-13(10)19-20(15(14)21)9-5-2-1-3-6-9/h1-3,5-6,11,19H,4,7-8H2. The number of H-pyrrole nitrogens is 1. The maximum atomic E-state index is 13.9. The lowest BCUT2D eigenvalue weighted by Crippen LogP contribution is -2.15. The zero-order valence-electron chi connectivity index (χ0n) is 11.2. The summed E-state index contributed by atoms with van der Waals surface area (Å²) in [5.74, 6) is 0. The second-order valence-corrected chi connectivity index (χ2v) is 5.24. The smallest absolute Gasteiger partial charge is 0.288 e. The van der Waals surface area contributed by atoms with Crippen LogP contribution in [0.3, 0.4) is 0 Å².